The molecule has 0 aliphatic rings. The molecule has 0 aliphatic carbocycles. The van der Waals surface area contributed by atoms with Gasteiger partial charge in [0.25, 0.3) is 0 Å². The van der Waals surface area contributed by atoms with Crippen LogP contribution >= 0.6 is 34.9 Å². The van der Waals surface area contributed by atoms with E-state index in [1.807, 2.05) is 6.07 Å². The van der Waals surface area contributed by atoms with Crippen molar-refractivity contribution in [3.05, 3.63) is 48.0 Å². The van der Waals surface area contributed by atoms with Crippen LogP contribution in [0.5, 0.6) is 0 Å². The van der Waals surface area contributed by atoms with Crippen LogP contribution in [0.4, 0.5) is 0 Å². The van der Waals surface area contributed by atoms with Crippen LogP contribution in [0.25, 0.3) is 10.8 Å². The second-order valence-corrected chi connectivity index (χ2v) is 8.71. The maximum atomic E-state index is 11.1. The fourth-order valence-electron chi connectivity index (χ4n) is 2.07. The molecule has 1 amide bonds. The molecule has 0 fully saturated rings. The first kappa shape index (κ1) is 16.3. The van der Waals surface area contributed by atoms with Crippen LogP contribution in [0, 0.1) is 0 Å². The highest BCUT2D eigenvalue weighted by Crippen LogP contribution is 2.33. The molecular weight excluding hydrogens is 346 g/mol. The van der Waals surface area contributed by atoms with Gasteiger partial charge in [0.15, 0.2) is 8.68 Å². The molecule has 3 rings (SSSR count). The van der Waals surface area contributed by atoms with Crippen LogP contribution in [-0.4, -0.2) is 21.4 Å². The Hall–Kier alpha value is -1.57. The second-order valence-electron chi connectivity index (χ2n) is 4.92. The monoisotopic (exact) mass is 361 g/mol. The minimum atomic E-state index is -0.338. The van der Waals surface area contributed by atoms with Gasteiger partial charge in [-0.15, -0.1) is 10.2 Å². The van der Waals surface area contributed by atoms with Crippen molar-refractivity contribution in [2.24, 2.45) is 5.73 Å². The zero-order valence-electron chi connectivity index (χ0n) is 12.4. The van der Waals surface area contributed by atoms with Crippen molar-refractivity contribution in [2.75, 3.05) is 0 Å². The summed E-state index contributed by atoms with van der Waals surface area (Å²) in [6, 6.07) is 14.7. The average molecular weight is 362 g/mol. The average Bonchev–Trinajstić information content (AvgIpc) is 3.00. The largest absolute Gasteiger partial charge is 0.369 e. The topological polar surface area (TPSA) is 68.9 Å². The quantitative estimate of drug-likeness (QED) is 0.673. The van der Waals surface area contributed by atoms with Crippen molar-refractivity contribution in [3.63, 3.8) is 0 Å². The molecule has 0 unspecified atom stereocenters. The summed E-state index contributed by atoms with van der Waals surface area (Å²) in [5.74, 6) is 0.501. The molecule has 0 bridgehead atoms. The summed E-state index contributed by atoms with van der Waals surface area (Å²) in [5, 5.41) is 10.5. The fourth-order valence-corrected chi connectivity index (χ4v) is 5.19. The van der Waals surface area contributed by atoms with Gasteiger partial charge in [0.1, 0.15) is 0 Å². The first-order valence-electron chi connectivity index (χ1n) is 7.02. The third kappa shape index (κ3) is 4.04. The van der Waals surface area contributed by atoms with Crippen molar-refractivity contribution in [1.29, 1.82) is 0 Å². The summed E-state index contributed by atoms with van der Waals surface area (Å²) in [6.45, 7) is 1.78. The molecule has 0 aliphatic heterocycles. The summed E-state index contributed by atoms with van der Waals surface area (Å²) in [6.07, 6.45) is 0. The van der Waals surface area contributed by atoms with E-state index in [1.165, 1.54) is 39.4 Å². The Kier molecular flexibility index (Phi) is 5.20. The van der Waals surface area contributed by atoms with Gasteiger partial charge in [-0.05, 0) is 23.3 Å². The molecule has 2 N–H and O–H groups in total. The zero-order valence-corrected chi connectivity index (χ0v) is 14.9. The van der Waals surface area contributed by atoms with Crippen molar-refractivity contribution in [2.45, 2.75) is 26.6 Å². The second kappa shape index (κ2) is 7.33. The van der Waals surface area contributed by atoms with Gasteiger partial charge in [0.05, 0.1) is 5.25 Å². The Balaban J connectivity index is 1.68. The zero-order chi connectivity index (χ0) is 16.2. The van der Waals surface area contributed by atoms with Crippen molar-refractivity contribution in [3.8, 4) is 0 Å². The van der Waals surface area contributed by atoms with Gasteiger partial charge in [-0.25, -0.2) is 0 Å². The Bertz CT molecular complexity index is 829. The highest BCUT2D eigenvalue weighted by Gasteiger charge is 2.14. The summed E-state index contributed by atoms with van der Waals surface area (Å²) in [5.41, 5.74) is 6.55. The summed E-state index contributed by atoms with van der Waals surface area (Å²) in [7, 11) is 0. The van der Waals surface area contributed by atoms with Gasteiger partial charge in [-0.1, -0.05) is 77.3 Å². The lowest BCUT2D eigenvalue weighted by atomic mass is 10.1. The number of carbonyl (C=O) groups is 1. The molecule has 7 heteroatoms. The first-order chi connectivity index (χ1) is 11.1. The summed E-state index contributed by atoms with van der Waals surface area (Å²) < 4.78 is 1.67. The molecule has 4 nitrogen and oxygen atoms in total. The maximum absolute atomic E-state index is 11.1. The molecule has 1 aromatic heterocycles. The molecule has 0 saturated carbocycles. The lowest BCUT2D eigenvalue weighted by Gasteiger charge is -2.04. The number of aromatic nitrogens is 2. The van der Waals surface area contributed by atoms with Crippen LogP contribution in [0.2, 0.25) is 0 Å². The van der Waals surface area contributed by atoms with E-state index in [4.69, 9.17) is 5.73 Å². The number of fused-ring (bicyclic) bond motifs is 1. The molecule has 23 heavy (non-hydrogen) atoms. The molecule has 3 aromatic rings. The SMILES string of the molecule is C[C@@H](Sc1nnc(SCc2cccc3ccccc23)s1)C(N)=O. The highest BCUT2D eigenvalue weighted by atomic mass is 32.2. The molecule has 0 spiro atoms. The summed E-state index contributed by atoms with van der Waals surface area (Å²) in [4.78, 5) is 11.1. The number of benzene rings is 2. The van der Waals surface area contributed by atoms with Gasteiger partial charge >= 0.3 is 0 Å². The van der Waals surface area contributed by atoms with E-state index >= 15 is 0 Å². The van der Waals surface area contributed by atoms with E-state index in [0.717, 1.165) is 14.4 Å². The first-order valence-corrected chi connectivity index (χ1v) is 9.70. The molecule has 1 atom stereocenters. The van der Waals surface area contributed by atoms with E-state index in [1.54, 1.807) is 18.7 Å². The lowest BCUT2D eigenvalue weighted by molar-refractivity contribution is -0.117. The molecule has 2 aromatic carbocycles. The number of amides is 1. The van der Waals surface area contributed by atoms with E-state index in [9.17, 15) is 4.79 Å². The predicted molar refractivity (Wildman–Crippen MR) is 97.9 cm³/mol. The third-order valence-electron chi connectivity index (χ3n) is 3.30. The van der Waals surface area contributed by atoms with Crippen molar-refractivity contribution in [1.82, 2.24) is 10.2 Å². The van der Waals surface area contributed by atoms with Gasteiger partial charge < -0.3 is 5.73 Å². The Morgan fingerprint density at radius 1 is 1.17 bits per heavy atom. The van der Waals surface area contributed by atoms with Gasteiger partial charge in [0, 0.05) is 5.75 Å². The van der Waals surface area contributed by atoms with Crippen LogP contribution in [0.1, 0.15) is 12.5 Å². The van der Waals surface area contributed by atoms with Crippen LogP contribution in [0.15, 0.2) is 51.1 Å². The minimum Gasteiger partial charge on any atom is -0.369 e. The number of hydrogen-bond acceptors (Lipinski definition) is 6. The number of nitrogens with zero attached hydrogens (tertiary/aromatic N) is 2. The number of rotatable bonds is 6. The maximum Gasteiger partial charge on any atom is 0.230 e. The van der Waals surface area contributed by atoms with E-state index in [2.05, 4.69) is 46.6 Å². The van der Waals surface area contributed by atoms with Crippen LogP contribution in [-0.2, 0) is 10.5 Å². The number of nitrogens with two attached hydrogens (primary N) is 1. The number of carbonyl (C=O) groups excluding carboxylic acids is 1. The Labute approximate surface area is 146 Å². The Morgan fingerprint density at radius 3 is 2.74 bits per heavy atom. The van der Waals surface area contributed by atoms with Crippen molar-refractivity contribution >= 4 is 51.5 Å². The van der Waals surface area contributed by atoms with E-state index < -0.39 is 0 Å². The number of primary amides is 1. The standard InChI is InChI=1S/C16H15N3OS3/c1-10(14(17)20)22-16-19-18-15(23-16)21-9-12-7-4-6-11-5-2-3-8-13(11)12/h2-8,10H,9H2,1H3,(H2,17,20)/t10-/m1/s1. The highest BCUT2D eigenvalue weighted by molar-refractivity contribution is 8.03. The van der Waals surface area contributed by atoms with Crippen molar-refractivity contribution < 1.29 is 4.79 Å². The van der Waals surface area contributed by atoms with Gasteiger partial charge in [-0.2, -0.15) is 0 Å². The molecule has 118 valence electrons. The molecule has 0 radical (unpaired) electrons. The molecule has 0 saturated heterocycles. The lowest BCUT2D eigenvalue weighted by Crippen LogP contribution is -2.22. The fraction of sp³-hybridized carbons (Fsp3) is 0.188. The van der Waals surface area contributed by atoms with Gasteiger partial charge in [-0.3, -0.25) is 4.79 Å². The number of hydrogen-bond donors (Lipinski definition) is 1. The van der Waals surface area contributed by atoms with E-state index in [-0.39, 0.29) is 11.2 Å². The van der Waals surface area contributed by atoms with Gasteiger partial charge in [0.2, 0.25) is 5.91 Å². The molecular formula is C16H15N3OS3. The smallest absolute Gasteiger partial charge is 0.230 e. The number of thioether (sulfide) groups is 2. The van der Waals surface area contributed by atoms with E-state index in [0.29, 0.717) is 0 Å². The van der Waals surface area contributed by atoms with Crippen LogP contribution in [0.3, 0.4) is 0 Å². The third-order valence-corrected chi connectivity index (χ3v) is 6.61. The Morgan fingerprint density at radius 2 is 1.91 bits per heavy atom. The molecule has 1 heterocycles. The summed E-state index contributed by atoms with van der Waals surface area (Å²) >= 11 is 4.51. The predicted octanol–water partition coefficient (Wildman–Crippen LogP) is 3.95. The van der Waals surface area contributed by atoms with Crippen LogP contribution < -0.4 is 5.73 Å². The minimum absolute atomic E-state index is 0.293. The normalized spacial score (nSPS) is 12.4.